The molecule has 0 aliphatic carbocycles. The van der Waals surface area contributed by atoms with Gasteiger partial charge in [0.1, 0.15) is 9.84 Å². The average Bonchev–Trinajstić information content (AvgIpc) is 2.19. The van der Waals surface area contributed by atoms with Crippen molar-refractivity contribution in [1.29, 1.82) is 0 Å². The maximum absolute atomic E-state index is 11.1. The molecule has 9 heteroatoms. The maximum Gasteiger partial charge on any atom is 0.328 e. The highest BCUT2D eigenvalue weighted by Crippen LogP contribution is 1.87. The molecule has 0 saturated heterocycles. The molecule has 0 heterocycles. The van der Waals surface area contributed by atoms with Crippen molar-refractivity contribution in [3.8, 4) is 0 Å². The van der Waals surface area contributed by atoms with Gasteiger partial charge in [0.05, 0.1) is 12.4 Å². The number of sulfone groups is 1. The van der Waals surface area contributed by atoms with Crippen LogP contribution in [0.1, 0.15) is 6.42 Å². The molecule has 0 rings (SSSR count). The van der Waals surface area contributed by atoms with Crippen LogP contribution in [0.5, 0.6) is 0 Å². The Morgan fingerprint density at radius 3 is 2.35 bits per heavy atom. The third kappa shape index (κ3) is 8.46. The van der Waals surface area contributed by atoms with Gasteiger partial charge in [-0.3, -0.25) is 0 Å². The number of rotatable bonds is 7. The minimum absolute atomic E-state index is 0.0599. The van der Waals surface area contributed by atoms with Crippen LogP contribution in [0, 0.1) is 0 Å². The molecular weight excluding hydrogens is 252 g/mol. The number of aliphatic hydroxyl groups excluding tert-OH is 1. The van der Waals surface area contributed by atoms with Gasteiger partial charge in [0, 0.05) is 12.8 Å². The fourth-order valence-electron chi connectivity index (χ4n) is 0.931. The summed E-state index contributed by atoms with van der Waals surface area (Å²) >= 11 is 0. The monoisotopic (exact) mass is 268 g/mol. The van der Waals surface area contributed by atoms with Crippen molar-refractivity contribution < 1.29 is 28.2 Å². The Morgan fingerprint density at radius 2 is 1.94 bits per heavy atom. The molecule has 0 spiro atoms. The van der Waals surface area contributed by atoms with Gasteiger partial charge in [-0.25, -0.2) is 18.0 Å². The number of carbonyl (C=O) groups is 2. The number of aliphatic carboxylic acids is 1. The number of aliphatic hydroxyl groups is 1. The van der Waals surface area contributed by atoms with E-state index in [2.05, 4.69) is 5.32 Å². The molecule has 0 aliphatic rings. The van der Waals surface area contributed by atoms with Gasteiger partial charge in [-0.2, -0.15) is 0 Å². The molecule has 17 heavy (non-hydrogen) atoms. The molecule has 4 N–H and O–H groups in total. The van der Waals surface area contributed by atoms with Crippen LogP contribution in [-0.2, 0) is 14.6 Å². The van der Waals surface area contributed by atoms with Crippen LogP contribution in [0.25, 0.3) is 0 Å². The lowest BCUT2D eigenvalue weighted by Crippen LogP contribution is -2.48. The summed E-state index contributed by atoms with van der Waals surface area (Å²) in [7, 11) is -3.07. The van der Waals surface area contributed by atoms with Gasteiger partial charge in [0.2, 0.25) is 0 Å². The minimum Gasteiger partial charge on any atom is -0.480 e. The molecule has 2 amide bonds. The summed E-state index contributed by atoms with van der Waals surface area (Å²) in [5.41, 5.74) is 0. The minimum atomic E-state index is -3.07. The lowest BCUT2D eigenvalue weighted by atomic mass is 10.3. The second kappa shape index (κ2) is 7.07. The van der Waals surface area contributed by atoms with Gasteiger partial charge in [-0.05, 0) is 6.42 Å². The van der Waals surface area contributed by atoms with Crippen LogP contribution in [0.2, 0.25) is 0 Å². The van der Waals surface area contributed by atoms with Crippen molar-refractivity contribution in [2.45, 2.75) is 12.5 Å². The Kier molecular flexibility index (Phi) is 6.51. The zero-order valence-corrected chi connectivity index (χ0v) is 10.2. The first-order valence-electron chi connectivity index (χ1n) is 4.82. The Hall–Kier alpha value is -1.35. The molecule has 100 valence electrons. The van der Waals surface area contributed by atoms with E-state index in [4.69, 9.17) is 10.2 Å². The van der Waals surface area contributed by atoms with Crippen LogP contribution < -0.4 is 10.6 Å². The number of carboxylic acid groups (broad SMARTS) is 1. The van der Waals surface area contributed by atoms with Crippen molar-refractivity contribution in [1.82, 2.24) is 10.6 Å². The smallest absolute Gasteiger partial charge is 0.328 e. The van der Waals surface area contributed by atoms with Gasteiger partial charge < -0.3 is 20.8 Å². The molecule has 0 aromatic heterocycles. The fourth-order valence-corrected chi connectivity index (χ4v) is 1.60. The number of hydrogen-bond donors (Lipinski definition) is 4. The van der Waals surface area contributed by atoms with Crippen LogP contribution in [0.3, 0.4) is 0 Å². The second-order valence-electron chi connectivity index (χ2n) is 3.46. The van der Waals surface area contributed by atoms with Crippen LogP contribution in [0.4, 0.5) is 4.79 Å². The predicted octanol–water partition coefficient (Wildman–Crippen LogP) is -1.83. The number of nitrogens with one attached hydrogen (secondary N) is 2. The molecule has 0 aliphatic heterocycles. The maximum atomic E-state index is 11.1. The second-order valence-corrected chi connectivity index (χ2v) is 5.72. The van der Waals surface area contributed by atoms with E-state index in [0.29, 0.717) is 0 Å². The summed E-state index contributed by atoms with van der Waals surface area (Å²) in [6.45, 7) is -0.608. The number of carboxylic acids is 1. The fraction of sp³-hybridized carbons (Fsp3) is 0.750. The average molecular weight is 268 g/mol. The summed E-state index contributed by atoms with van der Waals surface area (Å²) in [6.07, 6.45) is 1.32. The van der Waals surface area contributed by atoms with E-state index in [-0.39, 0.29) is 18.7 Å². The van der Waals surface area contributed by atoms with Gasteiger partial charge in [-0.1, -0.05) is 0 Å². The SMILES string of the molecule is CS(=O)(=O)CCCNC(=O)N[C@H](CO)C(=O)O. The van der Waals surface area contributed by atoms with E-state index >= 15 is 0 Å². The summed E-state index contributed by atoms with van der Waals surface area (Å²) in [5, 5.41) is 21.4. The zero-order valence-electron chi connectivity index (χ0n) is 9.34. The van der Waals surface area contributed by atoms with Gasteiger partial charge >= 0.3 is 12.0 Å². The predicted molar refractivity (Wildman–Crippen MR) is 59.4 cm³/mol. The molecule has 0 saturated carbocycles. The van der Waals surface area contributed by atoms with Crippen LogP contribution in [0.15, 0.2) is 0 Å². The van der Waals surface area contributed by atoms with Crippen molar-refractivity contribution in [3.05, 3.63) is 0 Å². The van der Waals surface area contributed by atoms with Gasteiger partial charge in [0.15, 0.2) is 6.04 Å². The normalized spacial score (nSPS) is 12.8. The van der Waals surface area contributed by atoms with Crippen molar-refractivity contribution in [2.24, 2.45) is 0 Å². The third-order valence-corrected chi connectivity index (χ3v) is 2.79. The van der Waals surface area contributed by atoms with E-state index in [1.54, 1.807) is 0 Å². The topological polar surface area (TPSA) is 133 Å². The van der Waals surface area contributed by atoms with Gasteiger partial charge in [-0.15, -0.1) is 0 Å². The Balaban J connectivity index is 3.84. The zero-order chi connectivity index (χ0) is 13.5. The lowest BCUT2D eigenvalue weighted by Gasteiger charge is -2.12. The number of carbonyl (C=O) groups excluding carboxylic acids is 1. The standard InChI is InChI=1S/C8H16N2O6S/c1-17(15,16)4-2-3-9-8(14)10-6(5-11)7(12)13/h6,11H,2-5H2,1H3,(H,12,13)(H2,9,10,14)/t6-/m1/s1. The van der Waals surface area contributed by atoms with Crippen LogP contribution in [-0.4, -0.2) is 61.8 Å². The summed E-state index contributed by atoms with van der Waals surface area (Å²) in [4.78, 5) is 21.5. The molecule has 0 aromatic carbocycles. The molecule has 1 atom stereocenters. The molecular formula is C8H16N2O6S. The van der Waals surface area contributed by atoms with Gasteiger partial charge in [0.25, 0.3) is 0 Å². The quantitative estimate of drug-likeness (QED) is 0.401. The highest BCUT2D eigenvalue weighted by molar-refractivity contribution is 7.90. The van der Waals surface area contributed by atoms with Crippen molar-refractivity contribution in [3.63, 3.8) is 0 Å². The Morgan fingerprint density at radius 1 is 1.35 bits per heavy atom. The first-order valence-corrected chi connectivity index (χ1v) is 6.88. The lowest BCUT2D eigenvalue weighted by molar-refractivity contribution is -0.140. The largest absolute Gasteiger partial charge is 0.480 e. The van der Waals surface area contributed by atoms with E-state index < -0.39 is 34.5 Å². The molecule has 0 aromatic rings. The molecule has 0 bridgehead atoms. The van der Waals surface area contributed by atoms with Crippen molar-refractivity contribution >= 4 is 21.8 Å². The van der Waals surface area contributed by atoms with E-state index in [1.165, 1.54) is 0 Å². The Bertz CT molecular complexity index is 366. The molecule has 0 radical (unpaired) electrons. The first-order chi connectivity index (χ1) is 7.76. The van der Waals surface area contributed by atoms with Crippen molar-refractivity contribution in [2.75, 3.05) is 25.2 Å². The summed E-state index contributed by atoms with van der Waals surface area (Å²) in [6, 6.07) is -2.13. The summed E-state index contributed by atoms with van der Waals surface area (Å²) < 4.78 is 21.5. The van der Waals surface area contributed by atoms with E-state index in [9.17, 15) is 18.0 Å². The number of amides is 2. The Labute approximate surface area is 98.9 Å². The molecule has 0 fully saturated rings. The highest BCUT2D eigenvalue weighted by atomic mass is 32.2. The third-order valence-electron chi connectivity index (χ3n) is 1.76. The van der Waals surface area contributed by atoms with Crippen LogP contribution >= 0.6 is 0 Å². The van der Waals surface area contributed by atoms with E-state index in [1.807, 2.05) is 5.32 Å². The first kappa shape index (κ1) is 15.7. The summed E-state index contributed by atoms with van der Waals surface area (Å²) in [5.74, 6) is -1.41. The number of hydrogen-bond acceptors (Lipinski definition) is 5. The molecule has 0 unspecified atom stereocenters. The highest BCUT2D eigenvalue weighted by Gasteiger charge is 2.18. The molecule has 8 nitrogen and oxygen atoms in total. The van der Waals surface area contributed by atoms with E-state index in [0.717, 1.165) is 6.26 Å². The number of urea groups is 1.